The molecule has 0 aliphatic rings. The Bertz CT molecular complexity index is 1060. The van der Waals surface area contributed by atoms with Crippen molar-refractivity contribution >= 4 is 29.5 Å². The number of thiophene rings is 1. The summed E-state index contributed by atoms with van der Waals surface area (Å²) in [5.41, 5.74) is 1.53. The van der Waals surface area contributed by atoms with Gasteiger partial charge >= 0.3 is 0 Å². The van der Waals surface area contributed by atoms with Crippen LogP contribution in [0.5, 0.6) is 0 Å². The number of benzene rings is 1. The fourth-order valence-corrected chi connectivity index (χ4v) is 3.91. The Labute approximate surface area is 172 Å². The maximum absolute atomic E-state index is 13.3. The minimum absolute atomic E-state index is 0.0837. The Morgan fingerprint density at radius 2 is 2.21 bits per heavy atom. The van der Waals surface area contributed by atoms with Gasteiger partial charge < -0.3 is 4.90 Å². The summed E-state index contributed by atoms with van der Waals surface area (Å²) in [4.78, 5) is 15.9. The molecule has 2 aromatic heterocycles. The molecule has 2 heterocycles. The molecule has 1 aromatic carbocycles. The second kappa shape index (κ2) is 8.78. The minimum atomic E-state index is -0.526. The largest absolute Gasteiger partial charge is 0.333 e. The van der Waals surface area contributed by atoms with Gasteiger partial charge in [-0.15, -0.1) is 17.9 Å². The first-order valence-electron chi connectivity index (χ1n) is 8.64. The van der Waals surface area contributed by atoms with Gasteiger partial charge in [0.1, 0.15) is 6.04 Å². The number of nitrogens with one attached hydrogen (secondary N) is 1. The molecule has 6 nitrogen and oxygen atoms in total. The van der Waals surface area contributed by atoms with Crippen molar-refractivity contribution in [3.63, 3.8) is 0 Å². The lowest BCUT2D eigenvalue weighted by molar-refractivity contribution is -0.134. The molecule has 0 fully saturated rings. The fraction of sp³-hybridized carbons (Fsp3) is 0.200. The van der Waals surface area contributed by atoms with Gasteiger partial charge in [-0.1, -0.05) is 24.3 Å². The molecule has 142 valence electrons. The van der Waals surface area contributed by atoms with Crippen molar-refractivity contribution in [3.05, 3.63) is 70.3 Å². The van der Waals surface area contributed by atoms with E-state index in [1.807, 2.05) is 36.6 Å². The van der Waals surface area contributed by atoms with Gasteiger partial charge in [0.15, 0.2) is 10.6 Å². The summed E-state index contributed by atoms with van der Waals surface area (Å²) in [6.07, 6.45) is 1.70. The normalized spacial score (nSPS) is 11.6. The van der Waals surface area contributed by atoms with Gasteiger partial charge in [0.2, 0.25) is 5.91 Å². The van der Waals surface area contributed by atoms with Crippen LogP contribution in [0.2, 0.25) is 0 Å². The molecule has 1 amide bonds. The lowest BCUT2D eigenvalue weighted by atomic mass is 10.1. The van der Waals surface area contributed by atoms with E-state index in [2.05, 4.69) is 22.8 Å². The van der Waals surface area contributed by atoms with Crippen molar-refractivity contribution in [2.24, 2.45) is 0 Å². The van der Waals surface area contributed by atoms with E-state index in [9.17, 15) is 4.79 Å². The van der Waals surface area contributed by atoms with Crippen molar-refractivity contribution in [3.8, 4) is 16.8 Å². The average Bonchev–Trinajstić information content (AvgIpc) is 3.36. The molecule has 3 aromatic rings. The predicted molar refractivity (Wildman–Crippen MR) is 112 cm³/mol. The summed E-state index contributed by atoms with van der Waals surface area (Å²) in [5.74, 6) is 0.567. The summed E-state index contributed by atoms with van der Waals surface area (Å²) in [5, 5.41) is 18.0. The zero-order chi connectivity index (χ0) is 20.1. The lowest BCUT2D eigenvalue weighted by Crippen LogP contribution is -2.36. The average molecular weight is 410 g/mol. The highest BCUT2D eigenvalue weighted by molar-refractivity contribution is 7.71. The number of amides is 1. The van der Waals surface area contributed by atoms with Crippen molar-refractivity contribution in [2.45, 2.75) is 19.5 Å². The quantitative estimate of drug-likeness (QED) is 0.466. The fourth-order valence-electron chi connectivity index (χ4n) is 2.91. The molecule has 1 atom stereocenters. The Balaban J connectivity index is 1.87. The maximum Gasteiger partial charge on any atom is 0.246 e. The van der Waals surface area contributed by atoms with Crippen LogP contribution in [0.25, 0.3) is 10.7 Å². The molecule has 1 N–H and O–H groups in total. The van der Waals surface area contributed by atoms with Crippen molar-refractivity contribution in [1.29, 1.82) is 5.26 Å². The standard InChI is InChI=1S/C20H19N5OS2/c1-3-10-24(13-16-8-6-15(12-21)7-9-16)19(26)14(2)25-18(22-23-20(25)27)17-5-4-11-28-17/h3-9,11,14H,1,10,13H2,2H3,(H,23,27). The molecule has 0 saturated heterocycles. The lowest BCUT2D eigenvalue weighted by Gasteiger charge is -2.26. The van der Waals surface area contributed by atoms with Crippen molar-refractivity contribution in [1.82, 2.24) is 19.7 Å². The van der Waals surface area contributed by atoms with Crippen LogP contribution in [0, 0.1) is 16.1 Å². The van der Waals surface area contributed by atoms with Gasteiger partial charge in [-0.25, -0.2) is 0 Å². The zero-order valence-electron chi connectivity index (χ0n) is 15.3. The van der Waals surface area contributed by atoms with Crippen LogP contribution >= 0.6 is 23.6 Å². The Morgan fingerprint density at radius 1 is 1.46 bits per heavy atom. The molecular formula is C20H19N5OS2. The van der Waals surface area contributed by atoms with Crippen LogP contribution in [0.3, 0.4) is 0 Å². The van der Waals surface area contributed by atoms with E-state index < -0.39 is 6.04 Å². The third kappa shape index (κ3) is 4.11. The molecule has 0 spiro atoms. The SMILES string of the molecule is C=CCN(Cc1ccc(C#N)cc1)C(=O)C(C)n1c(-c2cccs2)n[nH]c1=S. The molecule has 28 heavy (non-hydrogen) atoms. The number of hydrogen-bond acceptors (Lipinski definition) is 5. The van der Waals surface area contributed by atoms with E-state index in [4.69, 9.17) is 17.5 Å². The number of hydrogen-bond donors (Lipinski definition) is 1. The summed E-state index contributed by atoms with van der Waals surface area (Å²) >= 11 is 6.92. The number of nitrogens with zero attached hydrogens (tertiary/aromatic N) is 4. The predicted octanol–water partition coefficient (Wildman–Crippen LogP) is 4.32. The highest BCUT2D eigenvalue weighted by atomic mass is 32.1. The topological polar surface area (TPSA) is 77.7 Å². The second-order valence-corrected chi connectivity index (χ2v) is 7.53. The number of aromatic nitrogens is 3. The summed E-state index contributed by atoms with van der Waals surface area (Å²) < 4.78 is 2.15. The highest BCUT2D eigenvalue weighted by Crippen LogP contribution is 2.26. The van der Waals surface area contributed by atoms with E-state index in [-0.39, 0.29) is 5.91 Å². The third-order valence-corrected chi connectivity index (χ3v) is 5.46. The van der Waals surface area contributed by atoms with Gasteiger partial charge in [0.25, 0.3) is 0 Å². The molecule has 3 rings (SSSR count). The molecule has 0 aliphatic heterocycles. The van der Waals surface area contributed by atoms with Crippen LogP contribution in [0.15, 0.2) is 54.4 Å². The first-order chi connectivity index (χ1) is 13.5. The van der Waals surface area contributed by atoms with E-state index in [0.29, 0.717) is 29.2 Å². The van der Waals surface area contributed by atoms with E-state index >= 15 is 0 Å². The van der Waals surface area contributed by atoms with Crippen LogP contribution in [0.1, 0.15) is 24.1 Å². The number of carbonyl (C=O) groups is 1. The number of rotatable bonds is 7. The molecule has 0 radical (unpaired) electrons. The molecular weight excluding hydrogens is 390 g/mol. The first-order valence-corrected chi connectivity index (χ1v) is 9.93. The first kappa shape index (κ1) is 19.7. The van der Waals surface area contributed by atoms with Gasteiger partial charge in [-0.3, -0.25) is 14.5 Å². The number of nitriles is 1. The van der Waals surface area contributed by atoms with Gasteiger partial charge in [0.05, 0.1) is 16.5 Å². The number of carbonyl (C=O) groups excluding carboxylic acids is 1. The van der Waals surface area contributed by atoms with Crippen LogP contribution in [0.4, 0.5) is 0 Å². The molecule has 0 bridgehead atoms. The summed E-state index contributed by atoms with van der Waals surface area (Å²) in [7, 11) is 0. The Morgan fingerprint density at radius 3 is 2.82 bits per heavy atom. The van der Waals surface area contributed by atoms with Crippen LogP contribution < -0.4 is 0 Å². The summed E-state index contributed by atoms with van der Waals surface area (Å²) in [6.45, 7) is 6.41. The molecule has 8 heteroatoms. The number of aromatic amines is 1. The van der Waals surface area contributed by atoms with Crippen LogP contribution in [-0.2, 0) is 11.3 Å². The van der Waals surface area contributed by atoms with Crippen molar-refractivity contribution in [2.75, 3.05) is 6.54 Å². The van der Waals surface area contributed by atoms with Gasteiger partial charge in [0, 0.05) is 13.1 Å². The maximum atomic E-state index is 13.3. The van der Waals surface area contributed by atoms with Crippen LogP contribution in [-0.4, -0.2) is 32.1 Å². The van der Waals surface area contributed by atoms with Gasteiger partial charge in [-0.05, 0) is 48.3 Å². The van der Waals surface area contributed by atoms with E-state index in [0.717, 1.165) is 10.4 Å². The molecule has 0 aliphatic carbocycles. The number of H-pyrrole nitrogens is 1. The Hall–Kier alpha value is -3.02. The zero-order valence-corrected chi connectivity index (χ0v) is 17.0. The molecule has 1 unspecified atom stereocenters. The second-order valence-electron chi connectivity index (χ2n) is 6.19. The monoisotopic (exact) mass is 409 g/mol. The van der Waals surface area contributed by atoms with E-state index in [1.165, 1.54) is 0 Å². The molecule has 0 saturated carbocycles. The summed E-state index contributed by atoms with van der Waals surface area (Å²) in [6, 6.07) is 12.7. The third-order valence-electron chi connectivity index (χ3n) is 4.31. The van der Waals surface area contributed by atoms with Crippen molar-refractivity contribution < 1.29 is 4.79 Å². The highest BCUT2D eigenvalue weighted by Gasteiger charge is 2.25. The Kier molecular flexibility index (Phi) is 6.19. The minimum Gasteiger partial charge on any atom is -0.333 e. The van der Waals surface area contributed by atoms with E-state index in [1.54, 1.807) is 39.0 Å². The smallest absolute Gasteiger partial charge is 0.246 e. The van der Waals surface area contributed by atoms with Gasteiger partial charge in [-0.2, -0.15) is 10.4 Å².